The molecule has 0 unspecified atom stereocenters. The summed E-state index contributed by atoms with van der Waals surface area (Å²) >= 11 is 0. The summed E-state index contributed by atoms with van der Waals surface area (Å²) in [7, 11) is 0. The van der Waals surface area contributed by atoms with Crippen molar-refractivity contribution in [2.75, 3.05) is 0 Å². The van der Waals surface area contributed by atoms with Crippen LogP contribution in [-0.2, 0) is 12.8 Å². The smallest absolute Gasteiger partial charge is 0.126 e. The summed E-state index contributed by atoms with van der Waals surface area (Å²) in [5.41, 5.74) is 5.32. The Balaban J connectivity index is 1.38. The molecule has 1 heterocycles. The van der Waals surface area contributed by atoms with Crippen LogP contribution in [0.3, 0.4) is 0 Å². The van der Waals surface area contributed by atoms with E-state index < -0.39 is 0 Å². The summed E-state index contributed by atoms with van der Waals surface area (Å²) in [5.74, 6) is 6.81. The van der Waals surface area contributed by atoms with Gasteiger partial charge in [-0.2, -0.15) is 0 Å². The van der Waals surface area contributed by atoms with Crippen molar-refractivity contribution in [3.63, 3.8) is 0 Å². The molecule has 0 saturated carbocycles. The van der Waals surface area contributed by atoms with Crippen molar-refractivity contribution in [2.24, 2.45) is 0 Å². The van der Waals surface area contributed by atoms with E-state index in [1.807, 2.05) is 67.0 Å². The number of nitrogens with zero attached hydrogens (tertiary/aromatic N) is 1. The van der Waals surface area contributed by atoms with E-state index in [1.54, 1.807) is 0 Å². The first-order chi connectivity index (χ1) is 15.8. The molecule has 2 nitrogen and oxygen atoms in total. The van der Waals surface area contributed by atoms with Crippen molar-refractivity contribution >= 4 is 10.8 Å². The molecule has 1 aromatic heterocycles. The van der Waals surface area contributed by atoms with Crippen LogP contribution in [0.15, 0.2) is 109 Å². The molecule has 0 aliphatic carbocycles. The lowest BCUT2D eigenvalue weighted by Crippen LogP contribution is -1.93. The van der Waals surface area contributed by atoms with Gasteiger partial charge in [-0.15, -0.1) is 0 Å². The molecule has 0 aliphatic heterocycles. The number of phenolic OH excluding ortho intramolecular Hbond substituents is 1. The van der Waals surface area contributed by atoms with Gasteiger partial charge >= 0.3 is 0 Å². The van der Waals surface area contributed by atoms with Gasteiger partial charge in [-0.05, 0) is 58.5 Å². The summed E-state index contributed by atoms with van der Waals surface area (Å²) < 4.78 is 2.08. The number of fused-ring (bicyclic) bond motifs is 1. The zero-order valence-electron chi connectivity index (χ0n) is 17.7. The second-order valence-electron chi connectivity index (χ2n) is 7.91. The maximum Gasteiger partial charge on any atom is 0.126 e. The fourth-order valence-electron chi connectivity index (χ4n) is 3.93. The Morgan fingerprint density at radius 1 is 0.719 bits per heavy atom. The third-order valence-electron chi connectivity index (χ3n) is 5.68. The molecule has 0 radical (unpaired) electrons. The van der Waals surface area contributed by atoms with Gasteiger partial charge in [-0.1, -0.05) is 72.5 Å². The molecule has 0 saturated heterocycles. The predicted molar refractivity (Wildman–Crippen MR) is 131 cm³/mol. The highest BCUT2D eigenvalue weighted by Gasteiger charge is 2.08. The van der Waals surface area contributed by atoms with Crippen LogP contribution in [-0.4, -0.2) is 9.67 Å². The van der Waals surface area contributed by atoms with Crippen LogP contribution in [0.25, 0.3) is 16.5 Å². The van der Waals surface area contributed by atoms with Gasteiger partial charge < -0.3 is 9.67 Å². The van der Waals surface area contributed by atoms with E-state index >= 15 is 0 Å². The van der Waals surface area contributed by atoms with Crippen molar-refractivity contribution in [3.8, 4) is 23.3 Å². The standard InChI is InChI=1S/C30H23NO/c32-30-27(21-25-12-17-28(18-13-25)31-19-4-5-20-31)16-15-26-14-11-24(22-29(26)30)10-6-9-23-7-2-1-3-8-23/h1-5,7-8,11-20,22,32H,9,21H2. The summed E-state index contributed by atoms with van der Waals surface area (Å²) in [4.78, 5) is 0. The van der Waals surface area contributed by atoms with Gasteiger partial charge in [0.1, 0.15) is 5.75 Å². The SMILES string of the molecule is Oc1c(Cc2ccc(-n3cccc3)cc2)ccc2ccc(C#CCc3ccccc3)cc12. The molecule has 5 rings (SSSR count). The van der Waals surface area contributed by atoms with E-state index in [2.05, 4.69) is 58.9 Å². The van der Waals surface area contributed by atoms with Crippen LogP contribution in [0.2, 0.25) is 0 Å². The van der Waals surface area contributed by atoms with Crippen LogP contribution in [0.5, 0.6) is 5.75 Å². The molecule has 1 N–H and O–H groups in total. The molecule has 0 fully saturated rings. The van der Waals surface area contributed by atoms with Crippen molar-refractivity contribution < 1.29 is 5.11 Å². The minimum Gasteiger partial charge on any atom is -0.507 e. The number of hydrogen-bond donors (Lipinski definition) is 1. The van der Waals surface area contributed by atoms with E-state index in [4.69, 9.17) is 0 Å². The van der Waals surface area contributed by atoms with Gasteiger partial charge in [0, 0.05) is 41.9 Å². The van der Waals surface area contributed by atoms with Gasteiger partial charge in [0.2, 0.25) is 0 Å². The maximum atomic E-state index is 11.0. The largest absolute Gasteiger partial charge is 0.507 e. The zero-order valence-corrected chi connectivity index (χ0v) is 17.7. The third-order valence-corrected chi connectivity index (χ3v) is 5.68. The molecule has 0 atom stereocenters. The van der Waals surface area contributed by atoms with Crippen molar-refractivity contribution in [2.45, 2.75) is 12.8 Å². The Morgan fingerprint density at radius 3 is 2.25 bits per heavy atom. The minimum atomic E-state index is 0.337. The highest BCUT2D eigenvalue weighted by atomic mass is 16.3. The topological polar surface area (TPSA) is 25.2 Å². The van der Waals surface area contributed by atoms with E-state index in [-0.39, 0.29) is 0 Å². The number of rotatable bonds is 4. The summed E-state index contributed by atoms with van der Waals surface area (Å²) in [6.07, 6.45) is 5.45. The van der Waals surface area contributed by atoms with Crippen LogP contribution < -0.4 is 0 Å². The molecule has 0 bridgehead atoms. The van der Waals surface area contributed by atoms with Crippen LogP contribution in [0, 0.1) is 11.8 Å². The number of aromatic hydroxyl groups is 1. The van der Waals surface area contributed by atoms with Crippen molar-refractivity contribution in [1.29, 1.82) is 0 Å². The Morgan fingerprint density at radius 2 is 1.47 bits per heavy atom. The Kier molecular flexibility index (Phi) is 5.47. The van der Waals surface area contributed by atoms with Crippen LogP contribution >= 0.6 is 0 Å². The Bertz CT molecular complexity index is 1400. The molecule has 0 spiro atoms. The minimum absolute atomic E-state index is 0.337. The summed E-state index contributed by atoms with van der Waals surface area (Å²) in [6, 6.07) is 32.8. The average Bonchev–Trinajstić information content (AvgIpc) is 3.37. The number of phenols is 1. The number of benzene rings is 4. The van der Waals surface area contributed by atoms with Gasteiger partial charge in [0.15, 0.2) is 0 Å². The third kappa shape index (κ3) is 4.29. The quantitative estimate of drug-likeness (QED) is 0.333. The van der Waals surface area contributed by atoms with Gasteiger partial charge in [0.25, 0.3) is 0 Å². The first-order valence-corrected chi connectivity index (χ1v) is 10.8. The Hall–Kier alpha value is -4.22. The van der Waals surface area contributed by atoms with E-state index in [0.717, 1.165) is 33.2 Å². The maximum absolute atomic E-state index is 11.0. The first kappa shape index (κ1) is 19.7. The van der Waals surface area contributed by atoms with Crippen molar-refractivity contribution in [1.82, 2.24) is 4.57 Å². The highest BCUT2D eigenvalue weighted by molar-refractivity contribution is 5.90. The predicted octanol–water partition coefficient (Wildman–Crippen LogP) is 6.52. The molecule has 32 heavy (non-hydrogen) atoms. The molecule has 0 amide bonds. The van der Waals surface area contributed by atoms with Gasteiger partial charge in [-0.3, -0.25) is 0 Å². The first-order valence-electron chi connectivity index (χ1n) is 10.8. The second-order valence-corrected chi connectivity index (χ2v) is 7.91. The molecule has 5 aromatic rings. The fraction of sp³-hybridized carbons (Fsp3) is 0.0667. The van der Waals surface area contributed by atoms with E-state index in [1.165, 1.54) is 5.56 Å². The molecule has 154 valence electrons. The monoisotopic (exact) mass is 413 g/mol. The van der Waals surface area contributed by atoms with E-state index in [9.17, 15) is 5.11 Å². The summed E-state index contributed by atoms with van der Waals surface area (Å²) in [5, 5.41) is 12.9. The average molecular weight is 414 g/mol. The van der Waals surface area contributed by atoms with Crippen molar-refractivity contribution in [3.05, 3.63) is 132 Å². The molecule has 0 aliphatic rings. The van der Waals surface area contributed by atoms with Gasteiger partial charge in [0.05, 0.1) is 0 Å². The summed E-state index contributed by atoms with van der Waals surface area (Å²) in [6.45, 7) is 0. The lowest BCUT2D eigenvalue weighted by atomic mass is 9.98. The Labute approximate surface area is 188 Å². The normalized spacial score (nSPS) is 10.6. The van der Waals surface area contributed by atoms with Crippen LogP contribution in [0.4, 0.5) is 0 Å². The van der Waals surface area contributed by atoms with Gasteiger partial charge in [-0.25, -0.2) is 0 Å². The molecule has 4 aromatic carbocycles. The molecular formula is C30H23NO. The second kappa shape index (κ2) is 8.88. The number of aromatic nitrogens is 1. The zero-order chi connectivity index (χ0) is 21.8. The van der Waals surface area contributed by atoms with E-state index in [0.29, 0.717) is 18.6 Å². The highest BCUT2D eigenvalue weighted by Crippen LogP contribution is 2.31. The number of hydrogen-bond acceptors (Lipinski definition) is 1. The van der Waals surface area contributed by atoms with Crippen LogP contribution in [0.1, 0.15) is 22.3 Å². The lowest BCUT2D eigenvalue weighted by Gasteiger charge is -2.10. The molecular weight excluding hydrogens is 390 g/mol. The fourth-order valence-corrected chi connectivity index (χ4v) is 3.93. The lowest BCUT2D eigenvalue weighted by molar-refractivity contribution is 0.476. The molecule has 2 heteroatoms.